The fraction of sp³-hybridized carbons (Fsp3) is 0.318. The predicted octanol–water partition coefficient (Wildman–Crippen LogP) is 1.89. The van der Waals surface area contributed by atoms with Gasteiger partial charge in [-0.05, 0) is 49.2 Å². The number of nitrogens with one attached hydrogen (secondary N) is 1. The Balaban J connectivity index is 2.19. The molecule has 1 atom stereocenters. The molecule has 2 aromatic rings. The number of ether oxygens (including phenoxy) is 1. The van der Waals surface area contributed by atoms with Crippen LogP contribution >= 0.6 is 0 Å². The highest BCUT2D eigenvalue weighted by Crippen LogP contribution is 2.24. The fourth-order valence-corrected chi connectivity index (χ4v) is 2.89. The van der Waals surface area contributed by atoms with Crippen LogP contribution in [0.5, 0.6) is 5.75 Å². The lowest BCUT2D eigenvalue weighted by molar-refractivity contribution is -0.135. The number of ketones is 1. The summed E-state index contributed by atoms with van der Waals surface area (Å²) in [6.45, 7) is 3.10. The van der Waals surface area contributed by atoms with Gasteiger partial charge in [-0.2, -0.15) is 0 Å². The first kappa shape index (κ1) is 22.1. The minimum atomic E-state index is -1.38. The van der Waals surface area contributed by atoms with Crippen molar-refractivity contribution in [1.29, 1.82) is 0 Å². The van der Waals surface area contributed by atoms with Gasteiger partial charge in [-0.1, -0.05) is 24.3 Å². The summed E-state index contributed by atoms with van der Waals surface area (Å²) in [6, 6.07) is 13.1. The molecular weight excluding hydrogens is 372 g/mol. The molecule has 7 nitrogen and oxygen atoms in total. The predicted molar refractivity (Wildman–Crippen MR) is 110 cm³/mol. The van der Waals surface area contributed by atoms with Crippen LogP contribution in [0.15, 0.2) is 48.5 Å². The van der Waals surface area contributed by atoms with E-state index < -0.39 is 30.2 Å². The monoisotopic (exact) mass is 398 g/mol. The third kappa shape index (κ3) is 5.42. The number of benzene rings is 2. The second kappa shape index (κ2) is 9.84. The SMILES string of the molecule is CNC(=O)C(C(=O)CO)N(C)C(=O)c1ccc(-c2ccc(OC(C)C)cc2)cc1. The summed E-state index contributed by atoms with van der Waals surface area (Å²) in [6.07, 6.45) is 0.0967. The van der Waals surface area contributed by atoms with Crippen molar-refractivity contribution in [2.24, 2.45) is 0 Å². The van der Waals surface area contributed by atoms with E-state index in [9.17, 15) is 14.4 Å². The molecule has 0 fully saturated rings. The van der Waals surface area contributed by atoms with E-state index in [4.69, 9.17) is 9.84 Å². The molecule has 2 rings (SSSR count). The molecule has 29 heavy (non-hydrogen) atoms. The van der Waals surface area contributed by atoms with E-state index in [1.54, 1.807) is 24.3 Å². The molecule has 2 N–H and O–H groups in total. The van der Waals surface area contributed by atoms with Gasteiger partial charge in [0.05, 0.1) is 6.10 Å². The van der Waals surface area contributed by atoms with E-state index in [2.05, 4.69) is 5.32 Å². The topological polar surface area (TPSA) is 95.9 Å². The van der Waals surface area contributed by atoms with E-state index in [-0.39, 0.29) is 6.10 Å². The molecule has 7 heteroatoms. The average Bonchev–Trinajstić information content (AvgIpc) is 2.73. The third-order valence-electron chi connectivity index (χ3n) is 4.35. The van der Waals surface area contributed by atoms with Gasteiger partial charge in [-0.3, -0.25) is 14.4 Å². The number of rotatable bonds is 8. The van der Waals surface area contributed by atoms with Gasteiger partial charge in [0.15, 0.2) is 11.8 Å². The molecule has 2 amide bonds. The Morgan fingerprint density at radius 1 is 1.00 bits per heavy atom. The minimum absolute atomic E-state index is 0.0967. The van der Waals surface area contributed by atoms with Crippen molar-refractivity contribution < 1.29 is 24.2 Å². The molecule has 0 aliphatic carbocycles. The first-order valence-corrected chi connectivity index (χ1v) is 9.28. The maximum atomic E-state index is 12.7. The Hall–Kier alpha value is -3.19. The molecule has 0 spiro atoms. The van der Waals surface area contributed by atoms with Crippen molar-refractivity contribution in [2.75, 3.05) is 20.7 Å². The van der Waals surface area contributed by atoms with Crippen LogP contribution in [-0.2, 0) is 9.59 Å². The molecule has 154 valence electrons. The van der Waals surface area contributed by atoms with Gasteiger partial charge in [0.1, 0.15) is 12.4 Å². The zero-order valence-electron chi connectivity index (χ0n) is 17.0. The van der Waals surface area contributed by atoms with Gasteiger partial charge in [-0.25, -0.2) is 0 Å². The van der Waals surface area contributed by atoms with Crippen molar-refractivity contribution in [1.82, 2.24) is 10.2 Å². The molecule has 0 aliphatic rings. The number of aliphatic hydroxyl groups excluding tert-OH is 1. The van der Waals surface area contributed by atoms with Crippen LogP contribution in [0.1, 0.15) is 24.2 Å². The summed E-state index contributed by atoms with van der Waals surface area (Å²) < 4.78 is 5.63. The van der Waals surface area contributed by atoms with Crippen LogP contribution in [0.2, 0.25) is 0 Å². The zero-order chi connectivity index (χ0) is 21.6. The minimum Gasteiger partial charge on any atom is -0.491 e. The molecule has 0 aliphatic heterocycles. The number of hydrogen-bond donors (Lipinski definition) is 2. The van der Waals surface area contributed by atoms with Crippen molar-refractivity contribution in [2.45, 2.75) is 26.0 Å². The number of nitrogens with zero attached hydrogens (tertiary/aromatic N) is 1. The quantitative estimate of drug-likeness (QED) is 0.662. The maximum Gasteiger partial charge on any atom is 0.254 e. The second-order valence-corrected chi connectivity index (χ2v) is 6.83. The van der Waals surface area contributed by atoms with E-state index in [0.717, 1.165) is 21.8 Å². The lowest BCUT2D eigenvalue weighted by atomic mass is 10.0. The molecule has 0 aromatic heterocycles. The molecule has 0 saturated carbocycles. The second-order valence-electron chi connectivity index (χ2n) is 6.83. The molecule has 2 aromatic carbocycles. The van der Waals surface area contributed by atoms with Gasteiger partial charge in [-0.15, -0.1) is 0 Å². The average molecular weight is 398 g/mol. The van der Waals surface area contributed by atoms with Crippen molar-refractivity contribution in [3.8, 4) is 16.9 Å². The number of Topliss-reactive ketones (excluding diaryl/α,β-unsaturated/α-hetero) is 1. The molecule has 0 saturated heterocycles. The number of amides is 2. The van der Waals surface area contributed by atoms with Gasteiger partial charge < -0.3 is 20.1 Å². The normalized spacial score (nSPS) is 11.7. The molecule has 0 radical (unpaired) electrons. The number of hydrogen-bond acceptors (Lipinski definition) is 5. The number of carbonyl (C=O) groups is 3. The van der Waals surface area contributed by atoms with Crippen LogP contribution in [0, 0.1) is 0 Å². The van der Waals surface area contributed by atoms with Crippen LogP contribution in [-0.4, -0.2) is 60.5 Å². The number of carbonyl (C=O) groups excluding carboxylic acids is 3. The Morgan fingerprint density at radius 2 is 1.52 bits per heavy atom. The van der Waals surface area contributed by atoms with E-state index in [0.29, 0.717) is 5.56 Å². The summed E-state index contributed by atoms with van der Waals surface area (Å²) in [5.41, 5.74) is 2.21. The van der Waals surface area contributed by atoms with Crippen LogP contribution < -0.4 is 10.1 Å². The summed E-state index contributed by atoms with van der Waals surface area (Å²) >= 11 is 0. The van der Waals surface area contributed by atoms with E-state index >= 15 is 0 Å². The van der Waals surface area contributed by atoms with Crippen LogP contribution in [0.4, 0.5) is 0 Å². The standard InChI is InChI=1S/C22H26N2O5/c1-14(2)29-18-11-9-16(10-12-18)15-5-7-17(8-6-15)22(28)24(4)20(19(26)13-25)21(27)23-3/h5-12,14,20,25H,13H2,1-4H3,(H,23,27). The summed E-state index contributed by atoms with van der Waals surface area (Å²) in [7, 11) is 2.72. The Morgan fingerprint density at radius 3 is 1.97 bits per heavy atom. The maximum absolute atomic E-state index is 12.7. The number of likely N-dealkylation sites (N-methyl/N-ethyl adjacent to an activating group) is 2. The van der Waals surface area contributed by atoms with E-state index in [1.165, 1.54) is 14.1 Å². The lowest BCUT2D eigenvalue weighted by Gasteiger charge is -2.25. The highest BCUT2D eigenvalue weighted by atomic mass is 16.5. The van der Waals surface area contributed by atoms with Crippen molar-refractivity contribution >= 4 is 17.6 Å². The molecule has 0 bridgehead atoms. The number of aliphatic hydroxyl groups is 1. The highest BCUT2D eigenvalue weighted by molar-refractivity contribution is 6.10. The van der Waals surface area contributed by atoms with Gasteiger partial charge >= 0.3 is 0 Å². The van der Waals surface area contributed by atoms with Gasteiger partial charge in [0, 0.05) is 19.7 Å². The van der Waals surface area contributed by atoms with Gasteiger partial charge in [0.25, 0.3) is 5.91 Å². The Labute approximate surface area is 170 Å². The van der Waals surface area contributed by atoms with Crippen molar-refractivity contribution in [3.63, 3.8) is 0 Å². The summed E-state index contributed by atoms with van der Waals surface area (Å²) in [5.74, 6) is -1.11. The smallest absolute Gasteiger partial charge is 0.254 e. The highest BCUT2D eigenvalue weighted by Gasteiger charge is 2.32. The molecular formula is C22H26N2O5. The van der Waals surface area contributed by atoms with Crippen molar-refractivity contribution in [3.05, 3.63) is 54.1 Å². The van der Waals surface area contributed by atoms with Gasteiger partial charge in [0.2, 0.25) is 5.91 Å². The third-order valence-corrected chi connectivity index (χ3v) is 4.35. The first-order valence-electron chi connectivity index (χ1n) is 9.28. The fourth-order valence-electron chi connectivity index (χ4n) is 2.89. The summed E-state index contributed by atoms with van der Waals surface area (Å²) in [4.78, 5) is 37.6. The summed E-state index contributed by atoms with van der Waals surface area (Å²) in [5, 5.41) is 11.4. The molecule has 1 unspecified atom stereocenters. The lowest BCUT2D eigenvalue weighted by Crippen LogP contribution is -2.52. The largest absolute Gasteiger partial charge is 0.491 e. The van der Waals surface area contributed by atoms with Crippen LogP contribution in [0.3, 0.4) is 0 Å². The Kier molecular flexibility index (Phi) is 7.50. The van der Waals surface area contributed by atoms with E-state index in [1.807, 2.05) is 38.1 Å². The molecule has 0 heterocycles. The zero-order valence-corrected chi connectivity index (χ0v) is 17.0. The van der Waals surface area contributed by atoms with Crippen LogP contribution in [0.25, 0.3) is 11.1 Å². The first-order chi connectivity index (χ1) is 13.8. The Bertz CT molecular complexity index is 844.